The molecule has 4 nitrogen and oxygen atoms in total. The average Bonchev–Trinajstić information content (AvgIpc) is 2.29. The molecule has 0 unspecified atom stereocenters. The number of carbonyl (C=O) groups is 1. The highest BCUT2D eigenvalue weighted by Gasteiger charge is 2.21. The van der Waals surface area contributed by atoms with Gasteiger partial charge < -0.3 is 5.32 Å². The minimum Gasteiger partial charge on any atom is -0.352 e. The maximum atomic E-state index is 11.6. The lowest BCUT2D eigenvalue weighted by Crippen LogP contribution is -2.27. The third kappa shape index (κ3) is 2.81. The summed E-state index contributed by atoms with van der Waals surface area (Å²) in [7, 11) is 0. The van der Waals surface area contributed by atoms with Crippen molar-refractivity contribution in [2.75, 3.05) is 6.54 Å². The monoisotopic (exact) mass is 222 g/mol. The standard InChI is InChI=1S/C12H18N2O2/c1-4-14-11(15)9-6-5-7-10(8-9)12(2,3)16-13/h5-8H,4,13H2,1-3H3,(H,14,15). The molecule has 1 aromatic carbocycles. The van der Waals surface area contributed by atoms with Gasteiger partial charge in [0.05, 0.1) is 0 Å². The molecule has 0 spiro atoms. The van der Waals surface area contributed by atoms with Gasteiger partial charge in [-0.1, -0.05) is 12.1 Å². The van der Waals surface area contributed by atoms with Crippen molar-refractivity contribution in [2.24, 2.45) is 5.90 Å². The van der Waals surface area contributed by atoms with Gasteiger partial charge in [-0.15, -0.1) is 0 Å². The van der Waals surface area contributed by atoms with Gasteiger partial charge in [-0.25, -0.2) is 5.90 Å². The molecule has 3 N–H and O–H groups in total. The third-order valence-electron chi connectivity index (χ3n) is 2.45. The molecular formula is C12H18N2O2. The van der Waals surface area contributed by atoms with Crippen molar-refractivity contribution in [2.45, 2.75) is 26.4 Å². The summed E-state index contributed by atoms with van der Waals surface area (Å²) in [4.78, 5) is 16.5. The molecule has 1 aromatic rings. The third-order valence-corrected chi connectivity index (χ3v) is 2.45. The molecule has 0 aliphatic carbocycles. The van der Waals surface area contributed by atoms with Crippen LogP contribution in [0.4, 0.5) is 0 Å². The molecule has 0 radical (unpaired) electrons. The Labute approximate surface area is 95.7 Å². The molecular weight excluding hydrogens is 204 g/mol. The molecule has 0 aromatic heterocycles. The van der Waals surface area contributed by atoms with Crippen LogP contribution in [0.3, 0.4) is 0 Å². The second-order valence-electron chi connectivity index (χ2n) is 4.07. The molecule has 0 aliphatic heterocycles. The summed E-state index contributed by atoms with van der Waals surface area (Å²) in [5.41, 5.74) is 0.894. The lowest BCUT2D eigenvalue weighted by Gasteiger charge is -2.22. The van der Waals surface area contributed by atoms with Crippen molar-refractivity contribution >= 4 is 5.91 Å². The zero-order valence-corrected chi connectivity index (χ0v) is 9.91. The zero-order chi connectivity index (χ0) is 12.2. The first-order chi connectivity index (χ1) is 7.51. The molecule has 0 atom stereocenters. The fourth-order valence-corrected chi connectivity index (χ4v) is 1.37. The maximum Gasteiger partial charge on any atom is 0.251 e. The van der Waals surface area contributed by atoms with Crippen LogP contribution < -0.4 is 11.2 Å². The van der Waals surface area contributed by atoms with E-state index in [1.807, 2.05) is 32.9 Å². The molecule has 0 heterocycles. The normalized spacial score (nSPS) is 11.2. The predicted octanol–water partition coefficient (Wildman–Crippen LogP) is 1.56. The van der Waals surface area contributed by atoms with E-state index < -0.39 is 5.60 Å². The number of nitrogens with two attached hydrogens (primary N) is 1. The summed E-state index contributed by atoms with van der Waals surface area (Å²) in [5.74, 6) is 5.14. The summed E-state index contributed by atoms with van der Waals surface area (Å²) in [6.45, 7) is 6.20. The van der Waals surface area contributed by atoms with Crippen LogP contribution in [0.15, 0.2) is 24.3 Å². The van der Waals surface area contributed by atoms with Crippen molar-refractivity contribution in [1.29, 1.82) is 0 Å². The molecule has 4 heteroatoms. The maximum absolute atomic E-state index is 11.6. The van der Waals surface area contributed by atoms with Crippen molar-refractivity contribution in [3.63, 3.8) is 0 Å². The summed E-state index contributed by atoms with van der Waals surface area (Å²) in [6.07, 6.45) is 0. The Morgan fingerprint density at radius 1 is 1.50 bits per heavy atom. The van der Waals surface area contributed by atoms with E-state index in [-0.39, 0.29) is 5.91 Å². The topological polar surface area (TPSA) is 64.3 Å². The average molecular weight is 222 g/mol. The van der Waals surface area contributed by atoms with Crippen molar-refractivity contribution in [1.82, 2.24) is 5.32 Å². The lowest BCUT2D eigenvalue weighted by atomic mass is 9.96. The minimum absolute atomic E-state index is 0.0860. The molecule has 16 heavy (non-hydrogen) atoms. The van der Waals surface area contributed by atoms with E-state index in [1.165, 1.54) is 0 Å². The van der Waals surface area contributed by atoms with E-state index in [4.69, 9.17) is 10.7 Å². The van der Waals surface area contributed by atoms with Gasteiger partial charge in [0.15, 0.2) is 0 Å². The van der Waals surface area contributed by atoms with E-state index >= 15 is 0 Å². The molecule has 0 fully saturated rings. The minimum atomic E-state index is -0.595. The first kappa shape index (κ1) is 12.7. The van der Waals surface area contributed by atoms with Crippen LogP contribution in [-0.4, -0.2) is 12.5 Å². The van der Waals surface area contributed by atoms with Gasteiger partial charge in [-0.3, -0.25) is 9.63 Å². The van der Waals surface area contributed by atoms with Gasteiger partial charge in [0.25, 0.3) is 5.91 Å². The molecule has 0 saturated carbocycles. The van der Waals surface area contributed by atoms with E-state index in [2.05, 4.69) is 5.32 Å². The Kier molecular flexibility index (Phi) is 4.04. The summed E-state index contributed by atoms with van der Waals surface area (Å²) < 4.78 is 0. The molecule has 1 amide bonds. The molecule has 88 valence electrons. The lowest BCUT2D eigenvalue weighted by molar-refractivity contribution is -0.0236. The predicted molar refractivity (Wildman–Crippen MR) is 62.7 cm³/mol. The number of nitrogens with one attached hydrogen (secondary N) is 1. The Morgan fingerprint density at radius 3 is 2.75 bits per heavy atom. The van der Waals surface area contributed by atoms with Gasteiger partial charge in [0, 0.05) is 12.1 Å². The van der Waals surface area contributed by atoms with E-state index in [9.17, 15) is 4.79 Å². The fraction of sp³-hybridized carbons (Fsp3) is 0.417. The summed E-state index contributed by atoms with van der Waals surface area (Å²) in [6, 6.07) is 7.26. The van der Waals surface area contributed by atoms with Crippen molar-refractivity contribution in [3.05, 3.63) is 35.4 Å². The Balaban J connectivity index is 3.00. The number of carbonyl (C=O) groups excluding carboxylic acids is 1. The fourth-order valence-electron chi connectivity index (χ4n) is 1.37. The Morgan fingerprint density at radius 2 is 2.19 bits per heavy atom. The molecule has 0 saturated heterocycles. The van der Waals surface area contributed by atoms with E-state index in [0.717, 1.165) is 5.56 Å². The first-order valence-electron chi connectivity index (χ1n) is 5.28. The van der Waals surface area contributed by atoms with Crippen LogP contribution in [0.5, 0.6) is 0 Å². The van der Waals surface area contributed by atoms with Gasteiger partial charge in [0.2, 0.25) is 0 Å². The number of benzene rings is 1. The summed E-state index contributed by atoms with van der Waals surface area (Å²) in [5, 5.41) is 2.75. The first-order valence-corrected chi connectivity index (χ1v) is 5.28. The Bertz CT molecular complexity index is 375. The van der Waals surface area contributed by atoms with Crippen LogP contribution in [-0.2, 0) is 10.4 Å². The van der Waals surface area contributed by atoms with Crippen molar-refractivity contribution < 1.29 is 9.63 Å². The van der Waals surface area contributed by atoms with E-state index in [0.29, 0.717) is 12.1 Å². The highest BCUT2D eigenvalue weighted by Crippen LogP contribution is 2.23. The number of hydrogen-bond acceptors (Lipinski definition) is 3. The number of hydrogen-bond donors (Lipinski definition) is 2. The van der Waals surface area contributed by atoms with E-state index in [1.54, 1.807) is 12.1 Å². The summed E-state index contributed by atoms with van der Waals surface area (Å²) >= 11 is 0. The van der Waals surface area contributed by atoms with Crippen LogP contribution >= 0.6 is 0 Å². The smallest absolute Gasteiger partial charge is 0.251 e. The highest BCUT2D eigenvalue weighted by atomic mass is 16.6. The molecule has 0 bridgehead atoms. The quantitative estimate of drug-likeness (QED) is 0.760. The second kappa shape index (κ2) is 5.09. The Hall–Kier alpha value is -1.39. The SMILES string of the molecule is CCNC(=O)c1cccc(C(C)(C)ON)c1. The second-order valence-corrected chi connectivity index (χ2v) is 4.07. The zero-order valence-electron chi connectivity index (χ0n) is 9.91. The van der Waals surface area contributed by atoms with Crippen LogP contribution in [0.25, 0.3) is 0 Å². The van der Waals surface area contributed by atoms with Gasteiger partial charge >= 0.3 is 0 Å². The molecule has 0 aliphatic rings. The van der Waals surface area contributed by atoms with Crippen molar-refractivity contribution in [3.8, 4) is 0 Å². The number of amides is 1. The van der Waals surface area contributed by atoms with Crippen LogP contribution in [0, 0.1) is 0 Å². The van der Waals surface area contributed by atoms with Gasteiger partial charge in [-0.05, 0) is 38.5 Å². The molecule has 1 rings (SSSR count). The van der Waals surface area contributed by atoms with Gasteiger partial charge in [-0.2, -0.15) is 0 Å². The van der Waals surface area contributed by atoms with Crippen LogP contribution in [0.1, 0.15) is 36.7 Å². The van der Waals surface area contributed by atoms with Gasteiger partial charge in [0.1, 0.15) is 5.60 Å². The highest BCUT2D eigenvalue weighted by molar-refractivity contribution is 5.94. The largest absolute Gasteiger partial charge is 0.352 e. The number of rotatable bonds is 4. The van der Waals surface area contributed by atoms with Crippen LogP contribution in [0.2, 0.25) is 0 Å².